The highest BCUT2D eigenvalue weighted by atomic mass is 35.5. The Kier molecular flexibility index (Phi) is 6.78. The lowest BCUT2D eigenvalue weighted by Gasteiger charge is -2.56. The minimum Gasteiger partial charge on any atom is -0.484 e. The summed E-state index contributed by atoms with van der Waals surface area (Å²) in [5.74, 6) is 0.00880. The van der Waals surface area contributed by atoms with Gasteiger partial charge >= 0.3 is 0 Å². The maximum Gasteiger partial charge on any atom is 0.258 e. The van der Waals surface area contributed by atoms with Gasteiger partial charge in [-0.05, 0) is 69.2 Å². The van der Waals surface area contributed by atoms with Gasteiger partial charge in [-0.3, -0.25) is 14.6 Å². The monoisotopic (exact) mass is 517 g/mol. The number of aliphatic hydroxyl groups is 1. The van der Waals surface area contributed by atoms with Crippen molar-refractivity contribution in [3.63, 3.8) is 0 Å². The second kappa shape index (κ2) is 9.86. The highest BCUT2D eigenvalue weighted by molar-refractivity contribution is 6.30. The van der Waals surface area contributed by atoms with E-state index in [0.717, 1.165) is 11.8 Å². The number of carbonyl (C=O) groups is 2. The molecule has 1 aromatic heterocycles. The molecule has 8 nitrogen and oxygen atoms in total. The minimum absolute atomic E-state index is 0.0224. The summed E-state index contributed by atoms with van der Waals surface area (Å²) < 4.78 is 24.5. The summed E-state index contributed by atoms with van der Waals surface area (Å²) in [6.45, 7) is -0.446. The standard InChI is InChI=1S/C26H29ClFN3O5/c27-19-5-3-17(11-20(19)28)35-14-23(33)30-25-7-9-26(10-8-25,22(32)12-25)31-24(34)15-36-18-4-6-21(29-13-18)16-1-2-16/h3-6,11,13,16,22,32H,1-2,7-10,12,14-15H2,(H,30,33)(H,31,34). The van der Waals surface area contributed by atoms with Crippen LogP contribution in [0.3, 0.4) is 0 Å². The van der Waals surface area contributed by atoms with Gasteiger partial charge in [0.1, 0.15) is 17.3 Å². The number of amides is 2. The summed E-state index contributed by atoms with van der Waals surface area (Å²) >= 11 is 5.66. The molecule has 3 N–H and O–H groups in total. The second-order valence-electron chi connectivity index (χ2n) is 10.1. The number of aliphatic hydroxyl groups excluding tert-OH is 1. The first-order chi connectivity index (χ1) is 17.3. The number of ether oxygens (including phenoxy) is 2. The van der Waals surface area contributed by atoms with Crippen LogP contribution < -0.4 is 20.1 Å². The minimum atomic E-state index is -0.810. The van der Waals surface area contributed by atoms with Crippen LogP contribution >= 0.6 is 11.6 Å². The lowest BCUT2D eigenvalue weighted by atomic mass is 9.60. The van der Waals surface area contributed by atoms with Gasteiger partial charge in [0.2, 0.25) is 0 Å². The predicted octanol–water partition coefficient (Wildman–Crippen LogP) is 3.26. The smallest absolute Gasteiger partial charge is 0.258 e. The summed E-state index contributed by atoms with van der Waals surface area (Å²) in [6.07, 6.45) is 5.77. The molecular formula is C26H29ClFN3O5. The third kappa shape index (κ3) is 5.42. The van der Waals surface area contributed by atoms with Crippen molar-refractivity contribution in [3.05, 3.63) is 53.1 Å². The Morgan fingerprint density at radius 1 is 1.03 bits per heavy atom. The molecule has 6 rings (SSSR count). The number of hydrogen-bond acceptors (Lipinski definition) is 6. The Morgan fingerprint density at radius 3 is 2.31 bits per heavy atom. The molecule has 2 bridgehead atoms. The summed E-state index contributed by atoms with van der Waals surface area (Å²) in [7, 11) is 0. The highest BCUT2D eigenvalue weighted by Crippen LogP contribution is 2.47. The van der Waals surface area contributed by atoms with Gasteiger partial charge < -0.3 is 25.2 Å². The zero-order valence-electron chi connectivity index (χ0n) is 19.8. The largest absolute Gasteiger partial charge is 0.484 e. The molecule has 10 heteroatoms. The molecule has 4 aliphatic rings. The second-order valence-corrected chi connectivity index (χ2v) is 10.5. The lowest BCUT2D eigenvalue weighted by Crippen LogP contribution is -2.70. The Bertz CT molecular complexity index is 1130. The van der Waals surface area contributed by atoms with E-state index in [9.17, 15) is 19.1 Å². The van der Waals surface area contributed by atoms with Gasteiger partial charge in [-0.1, -0.05) is 11.6 Å². The molecule has 1 heterocycles. The number of fused-ring (bicyclic) bond motifs is 3. The molecule has 1 aromatic carbocycles. The van der Waals surface area contributed by atoms with Crippen LogP contribution in [0.25, 0.3) is 0 Å². The van der Waals surface area contributed by atoms with Gasteiger partial charge in [0.15, 0.2) is 13.2 Å². The Morgan fingerprint density at radius 2 is 1.69 bits per heavy atom. The number of rotatable bonds is 9. The molecule has 36 heavy (non-hydrogen) atoms. The average molecular weight is 518 g/mol. The summed E-state index contributed by atoms with van der Waals surface area (Å²) in [5, 5.41) is 16.9. The Labute approximate surface area is 213 Å². The van der Waals surface area contributed by atoms with Crippen LogP contribution in [0.4, 0.5) is 4.39 Å². The number of benzene rings is 1. The quantitative estimate of drug-likeness (QED) is 0.471. The SMILES string of the molecule is O=C(COc1ccc(Cl)c(F)c1)NC12CCC(NC(=O)COc3ccc(C4CC4)nc3)(CC1)C(O)C2. The van der Waals surface area contributed by atoms with E-state index in [1.807, 2.05) is 12.1 Å². The molecule has 4 fully saturated rings. The van der Waals surface area contributed by atoms with Crippen LogP contribution in [-0.4, -0.2) is 52.3 Å². The van der Waals surface area contributed by atoms with Crippen molar-refractivity contribution < 1.29 is 28.6 Å². The normalized spacial score (nSPS) is 26.8. The van der Waals surface area contributed by atoms with E-state index in [4.69, 9.17) is 21.1 Å². The maximum absolute atomic E-state index is 13.6. The van der Waals surface area contributed by atoms with Crippen LogP contribution in [-0.2, 0) is 9.59 Å². The number of halogens is 2. The van der Waals surface area contributed by atoms with Gasteiger partial charge in [-0.25, -0.2) is 4.39 Å². The van der Waals surface area contributed by atoms with E-state index in [1.165, 1.54) is 25.0 Å². The highest BCUT2D eigenvalue weighted by Gasteiger charge is 2.55. The zero-order chi connectivity index (χ0) is 25.3. The van der Waals surface area contributed by atoms with E-state index >= 15 is 0 Å². The molecule has 4 aliphatic carbocycles. The lowest BCUT2D eigenvalue weighted by molar-refractivity contribution is -0.137. The summed E-state index contributed by atoms with van der Waals surface area (Å²) in [4.78, 5) is 29.6. The Balaban J connectivity index is 1.09. The van der Waals surface area contributed by atoms with E-state index in [1.54, 1.807) is 6.20 Å². The van der Waals surface area contributed by atoms with Crippen LogP contribution in [0.15, 0.2) is 36.5 Å². The van der Waals surface area contributed by atoms with E-state index in [-0.39, 0.29) is 35.8 Å². The fourth-order valence-corrected chi connectivity index (χ4v) is 5.39. The van der Waals surface area contributed by atoms with Gasteiger partial charge in [0, 0.05) is 23.2 Å². The molecule has 1 unspecified atom stereocenters. The summed E-state index contributed by atoms with van der Waals surface area (Å²) in [6, 6.07) is 7.73. The predicted molar refractivity (Wildman–Crippen MR) is 129 cm³/mol. The van der Waals surface area contributed by atoms with Crippen LogP contribution in [0.5, 0.6) is 11.5 Å². The van der Waals surface area contributed by atoms with Gasteiger partial charge in [0.05, 0.1) is 22.9 Å². The van der Waals surface area contributed by atoms with Crippen LogP contribution in [0.1, 0.15) is 56.6 Å². The third-order valence-electron chi connectivity index (χ3n) is 7.50. The average Bonchev–Trinajstić information content (AvgIpc) is 3.71. The number of nitrogens with one attached hydrogen (secondary N) is 2. The van der Waals surface area contributed by atoms with Crippen LogP contribution in [0, 0.1) is 5.82 Å². The van der Waals surface area contributed by atoms with E-state index in [0.29, 0.717) is 43.8 Å². The topological polar surface area (TPSA) is 110 Å². The number of pyridine rings is 1. The van der Waals surface area contributed by atoms with E-state index < -0.39 is 23.0 Å². The number of hydrogen-bond donors (Lipinski definition) is 3. The molecule has 2 aromatic rings. The summed E-state index contributed by atoms with van der Waals surface area (Å²) in [5.41, 5.74) is -0.249. The van der Waals surface area contributed by atoms with Gasteiger partial charge in [-0.15, -0.1) is 0 Å². The van der Waals surface area contributed by atoms with Crippen molar-refractivity contribution in [2.45, 2.75) is 68.0 Å². The molecule has 0 radical (unpaired) electrons. The fraction of sp³-hybridized carbons (Fsp3) is 0.500. The maximum atomic E-state index is 13.6. The molecule has 0 saturated heterocycles. The van der Waals surface area contributed by atoms with Gasteiger partial charge in [-0.2, -0.15) is 0 Å². The van der Waals surface area contributed by atoms with Gasteiger partial charge in [0.25, 0.3) is 11.8 Å². The van der Waals surface area contributed by atoms with Crippen LogP contribution in [0.2, 0.25) is 5.02 Å². The third-order valence-corrected chi connectivity index (χ3v) is 7.81. The first-order valence-corrected chi connectivity index (χ1v) is 12.6. The number of nitrogens with zero attached hydrogens (tertiary/aromatic N) is 1. The molecule has 192 valence electrons. The van der Waals surface area contributed by atoms with Crippen molar-refractivity contribution in [1.29, 1.82) is 0 Å². The van der Waals surface area contributed by atoms with Crippen molar-refractivity contribution in [2.24, 2.45) is 0 Å². The Hall–Kier alpha value is -2.91. The molecule has 4 saturated carbocycles. The van der Waals surface area contributed by atoms with Crippen molar-refractivity contribution in [2.75, 3.05) is 13.2 Å². The van der Waals surface area contributed by atoms with Crippen molar-refractivity contribution in [3.8, 4) is 11.5 Å². The fourth-order valence-electron chi connectivity index (χ4n) is 5.27. The molecular weight excluding hydrogens is 489 g/mol. The molecule has 0 spiro atoms. The van der Waals surface area contributed by atoms with Crippen molar-refractivity contribution >= 4 is 23.4 Å². The first kappa shape index (κ1) is 24.8. The molecule has 1 atom stereocenters. The molecule has 0 aliphatic heterocycles. The van der Waals surface area contributed by atoms with Crippen molar-refractivity contribution in [1.82, 2.24) is 15.6 Å². The zero-order valence-corrected chi connectivity index (χ0v) is 20.5. The first-order valence-electron chi connectivity index (χ1n) is 12.2. The number of aromatic nitrogens is 1. The molecule has 2 amide bonds. The number of carbonyl (C=O) groups excluding carboxylic acids is 2. The van der Waals surface area contributed by atoms with E-state index in [2.05, 4.69) is 15.6 Å².